The first-order valence-corrected chi connectivity index (χ1v) is 12.9. The van der Waals surface area contributed by atoms with E-state index in [0.717, 1.165) is 41.5 Å². The van der Waals surface area contributed by atoms with Crippen molar-refractivity contribution >= 4 is 11.6 Å². The van der Waals surface area contributed by atoms with Gasteiger partial charge in [0.1, 0.15) is 0 Å². The highest BCUT2D eigenvalue weighted by Gasteiger charge is 2.24. The van der Waals surface area contributed by atoms with E-state index in [9.17, 15) is 0 Å². The van der Waals surface area contributed by atoms with Gasteiger partial charge in [-0.25, -0.2) is 0 Å². The molecule has 0 heterocycles. The van der Waals surface area contributed by atoms with Gasteiger partial charge in [-0.1, -0.05) is 93.4 Å². The molecule has 30 heavy (non-hydrogen) atoms. The predicted octanol–water partition coefficient (Wildman–Crippen LogP) is 9.01. The molecule has 162 valence electrons. The van der Waals surface area contributed by atoms with Crippen LogP contribution in [0.25, 0.3) is 0 Å². The Morgan fingerprint density at radius 1 is 0.633 bits per heavy atom. The largest absolute Gasteiger partial charge is 0.0843 e. The molecule has 0 atom stereocenters. The van der Waals surface area contributed by atoms with Crippen molar-refractivity contribution in [3.63, 3.8) is 0 Å². The second-order valence-electron chi connectivity index (χ2n) is 10.3. The fourth-order valence-corrected chi connectivity index (χ4v) is 5.90. The van der Waals surface area contributed by atoms with Crippen LogP contribution in [0.1, 0.15) is 93.7 Å². The topological polar surface area (TPSA) is 0 Å². The Bertz CT molecular complexity index is 744. The second kappa shape index (κ2) is 10.9. The van der Waals surface area contributed by atoms with Crippen LogP contribution >= 0.6 is 11.6 Å². The van der Waals surface area contributed by atoms with Crippen molar-refractivity contribution in [2.45, 2.75) is 89.9 Å². The zero-order chi connectivity index (χ0) is 20.8. The molecular weight excluding hydrogens is 384 g/mol. The highest BCUT2D eigenvalue weighted by atomic mass is 35.5. The highest BCUT2D eigenvalue weighted by Crippen LogP contribution is 2.39. The molecule has 0 N–H and O–H groups in total. The van der Waals surface area contributed by atoms with Crippen molar-refractivity contribution in [1.82, 2.24) is 0 Å². The van der Waals surface area contributed by atoms with Crippen LogP contribution < -0.4 is 0 Å². The smallest absolute Gasteiger partial charge is 0.0406 e. The third-order valence-corrected chi connectivity index (χ3v) is 8.28. The van der Waals surface area contributed by atoms with Gasteiger partial charge in [-0.3, -0.25) is 0 Å². The summed E-state index contributed by atoms with van der Waals surface area (Å²) in [6.45, 7) is 2.43. The molecule has 0 nitrogen and oxygen atoms in total. The van der Waals surface area contributed by atoms with Gasteiger partial charge >= 0.3 is 0 Å². The Balaban J connectivity index is 1.18. The number of rotatable bonds is 7. The molecule has 2 fully saturated rings. The lowest BCUT2D eigenvalue weighted by Crippen LogP contribution is -2.17. The standard InChI is InChI=1S/C29H39Cl/c1-22-2-4-23(5-3-22)6-7-24-10-16-27(17-11-24)28-18-12-25(13-19-28)8-9-26-14-20-29(30)21-15-26/h12-15,18-24,27H,2-11,16-17H2,1H3. The van der Waals surface area contributed by atoms with Gasteiger partial charge in [-0.15, -0.1) is 0 Å². The van der Waals surface area contributed by atoms with Gasteiger partial charge in [0.2, 0.25) is 0 Å². The van der Waals surface area contributed by atoms with Gasteiger partial charge < -0.3 is 0 Å². The predicted molar refractivity (Wildman–Crippen MR) is 130 cm³/mol. The Morgan fingerprint density at radius 3 is 1.63 bits per heavy atom. The lowest BCUT2D eigenvalue weighted by Gasteiger charge is -2.31. The zero-order valence-corrected chi connectivity index (χ0v) is 19.5. The summed E-state index contributed by atoms with van der Waals surface area (Å²) < 4.78 is 0. The fraction of sp³-hybridized carbons (Fsp3) is 0.586. The van der Waals surface area contributed by atoms with Crippen LogP contribution in [0.2, 0.25) is 5.02 Å². The lowest BCUT2D eigenvalue weighted by atomic mass is 9.74. The molecule has 0 aromatic heterocycles. The van der Waals surface area contributed by atoms with E-state index in [-0.39, 0.29) is 0 Å². The minimum atomic E-state index is 0.794. The molecule has 1 heteroatoms. The summed E-state index contributed by atoms with van der Waals surface area (Å²) in [5, 5.41) is 0.821. The van der Waals surface area contributed by atoms with Crippen LogP contribution in [0.4, 0.5) is 0 Å². The quantitative estimate of drug-likeness (QED) is 0.417. The number of benzene rings is 2. The van der Waals surface area contributed by atoms with Crippen LogP contribution in [-0.4, -0.2) is 0 Å². The molecule has 0 bridgehead atoms. The molecule has 0 radical (unpaired) electrons. The van der Waals surface area contributed by atoms with E-state index < -0.39 is 0 Å². The van der Waals surface area contributed by atoms with Gasteiger partial charge in [0, 0.05) is 5.02 Å². The van der Waals surface area contributed by atoms with Gasteiger partial charge in [0.05, 0.1) is 0 Å². The van der Waals surface area contributed by atoms with E-state index >= 15 is 0 Å². The van der Waals surface area contributed by atoms with E-state index in [4.69, 9.17) is 11.6 Å². The van der Waals surface area contributed by atoms with Crippen molar-refractivity contribution in [3.05, 3.63) is 70.2 Å². The van der Waals surface area contributed by atoms with Crippen molar-refractivity contribution in [1.29, 1.82) is 0 Å². The summed E-state index contributed by atoms with van der Waals surface area (Å²) in [4.78, 5) is 0. The number of aryl methyl sites for hydroxylation is 2. The Kier molecular flexibility index (Phi) is 7.94. The molecule has 0 saturated heterocycles. The maximum absolute atomic E-state index is 5.99. The normalized spacial score (nSPS) is 27.1. The Labute approximate surface area is 189 Å². The molecule has 2 aliphatic carbocycles. The molecule has 2 aromatic rings. The molecule has 0 spiro atoms. The summed E-state index contributed by atoms with van der Waals surface area (Å²) >= 11 is 5.99. The van der Waals surface area contributed by atoms with Crippen molar-refractivity contribution in [2.24, 2.45) is 17.8 Å². The molecule has 4 rings (SSSR count). The molecule has 0 unspecified atom stereocenters. The minimum Gasteiger partial charge on any atom is -0.0843 e. The molecule has 2 saturated carbocycles. The van der Waals surface area contributed by atoms with Gasteiger partial charge in [0.25, 0.3) is 0 Å². The Morgan fingerprint density at radius 2 is 1.10 bits per heavy atom. The maximum atomic E-state index is 5.99. The summed E-state index contributed by atoms with van der Waals surface area (Å²) in [6, 6.07) is 17.8. The molecule has 0 amide bonds. The number of hydrogen-bond acceptors (Lipinski definition) is 0. The molecule has 2 aromatic carbocycles. The molecule has 0 aliphatic heterocycles. The summed E-state index contributed by atoms with van der Waals surface area (Å²) in [5.41, 5.74) is 4.39. The van der Waals surface area contributed by atoms with Crippen LogP contribution in [0.5, 0.6) is 0 Å². The maximum Gasteiger partial charge on any atom is 0.0406 e. The Hall–Kier alpha value is -1.27. The van der Waals surface area contributed by atoms with Gasteiger partial charge in [-0.2, -0.15) is 0 Å². The monoisotopic (exact) mass is 422 g/mol. The van der Waals surface area contributed by atoms with Crippen molar-refractivity contribution in [2.75, 3.05) is 0 Å². The van der Waals surface area contributed by atoms with Crippen LogP contribution in [0.15, 0.2) is 48.5 Å². The second-order valence-corrected chi connectivity index (χ2v) is 10.7. The molecular formula is C29H39Cl. The van der Waals surface area contributed by atoms with E-state index in [1.807, 2.05) is 12.1 Å². The third kappa shape index (κ3) is 6.36. The van der Waals surface area contributed by atoms with Crippen molar-refractivity contribution < 1.29 is 0 Å². The zero-order valence-electron chi connectivity index (χ0n) is 18.8. The lowest BCUT2D eigenvalue weighted by molar-refractivity contribution is 0.237. The number of hydrogen-bond donors (Lipinski definition) is 0. The van der Waals surface area contributed by atoms with Gasteiger partial charge in [0.15, 0.2) is 0 Å². The SMILES string of the molecule is CC1CCC(CCC2CCC(c3ccc(CCc4ccc(Cl)cc4)cc3)CC2)CC1. The van der Waals surface area contributed by atoms with E-state index in [0.29, 0.717) is 0 Å². The van der Waals surface area contributed by atoms with Gasteiger partial charge in [-0.05, 0) is 91.0 Å². The third-order valence-electron chi connectivity index (χ3n) is 8.03. The highest BCUT2D eigenvalue weighted by molar-refractivity contribution is 6.30. The first kappa shape index (κ1) is 21.9. The van der Waals surface area contributed by atoms with Crippen molar-refractivity contribution in [3.8, 4) is 0 Å². The van der Waals surface area contributed by atoms with Crippen LogP contribution in [0.3, 0.4) is 0 Å². The average Bonchev–Trinajstić information content (AvgIpc) is 2.79. The summed E-state index contributed by atoms with van der Waals surface area (Å²) in [6.07, 6.45) is 16.9. The first-order chi connectivity index (χ1) is 14.7. The summed E-state index contributed by atoms with van der Waals surface area (Å²) in [7, 11) is 0. The van der Waals surface area contributed by atoms with E-state index in [1.54, 1.807) is 5.56 Å². The average molecular weight is 423 g/mol. The van der Waals surface area contributed by atoms with Crippen LogP contribution in [0, 0.1) is 17.8 Å². The number of halogens is 1. The summed E-state index contributed by atoms with van der Waals surface area (Å²) in [5.74, 6) is 3.82. The van der Waals surface area contributed by atoms with Crippen LogP contribution in [-0.2, 0) is 12.8 Å². The minimum absolute atomic E-state index is 0.794. The molecule has 2 aliphatic rings. The van der Waals surface area contributed by atoms with E-state index in [1.165, 1.54) is 75.3 Å². The fourth-order valence-electron chi connectivity index (χ4n) is 5.77. The van der Waals surface area contributed by atoms with E-state index in [2.05, 4.69) is 43.3 Å². The first-order valence-electron chi connectivity index (χ1n) is 12.5.